The van der Waals surface area contributed by atoms with Gasteiger partial charge in [-0.3, -0.25) is 9.59 Å². The van der Waals surface area contributed by atoms with E-state index in [9.17, 15) is 9.59 Å². The summed E-state index contributed by atoms with van der Waals surface area (Å²) in [5.41, 5.74) is -0.185. The topological polar surface area (TPSA) is 96.5 Å². The number of rotatable bonds is 4. The van der Waals surface area contributed by atoms with Gasteiger partial charge in [0.25, 0.3) is 0 Å². The maximum atomic E-state index is 12.0. The van der Waals surface area contributed by atoms with Gasteiger partial charge in [0.1, 0.15) is 0 Å². The summed E-state index contributed by atoms with van der Waals surface area (Å²) >= 11 is 0. The Morgan fingerprint density at radius 3 is 2.67 bits per heavy atom. The number of amides is 1. The molecule has 2 heterocycles. The third-order valence-corrected chi connectivity index (χ3v) is 3.58. The van der Waals surface area contributed by atoms with Crippen molar-refractivity contribution in [1.29, 1.82) is 0 Å². The smallest absolute Gasteiger partial charge is 0.308 e. The monoisotopic (exact) mass is 295 g/mol. The number of aryl methyl sites for hydroxylation is 1. The number of hydrogen-bond acceptors (Lipinski definition) is 5. The van der Waals surface area contributed by atoms with E-state index in [4.69, 9.17) is 9.63 Å². The van der Waals surface area contributed by atoms with Gasteiger partial charge in [-0.15, -0.1) is 0 Å². The molecule has 116 valence electrons. The minimum Gasteiger partial charge on any atom is -0.481 e. The van der Waals surface area contributed by atoms with Gasteiger partial charge in [0, 0.05) is 31.3 Å². The van der Waals surface area contributed by atoms with Gasteiger partial charge in [-0.25, -0.2) is 0 Å². The highest BCUT2D eigenvalue weighted by Crippen LogP contribution is 2.20. The highest BCUT2D eigenvalue weighted by atomic mass is 16.5. The fourth-order valence-electron chi connectivity index (χ4n) is 2.22. The summed E-state index contributed by atoms with van der Waals surface area (Å²) in [6.45, 7) is 6.77. The second-order valence-electron chi connectivity index (χ2n) is 6.43. The molecule has 7 heteroatoms. The van der Waals surface area contributed by atoms with Crippen LogP contribution in [0.3, 0.4) is 0 Å². The Labute approximate surface area is 123 Å². The molecular weight excluding hydrogens is 274 g/mol. The summed E-state index contributed by atoms with van der Waals surface area (Å²) in [6.07, 6.45) is 1.17. The number of aliphatic carboxylic acids is 1. The summed E-state index contributed by atoms with van der Waals surface area (Å²) in [6, 6.07) is 0. The van der Waals surface area contributed by atoms with Gasteiger partial charge in [0.2, 0.25) is 11.8 Å². The minimum atomic E-state index is -0.836. The maximum absolute atomic E-state index is 12.0. The van der Waals surface area contributed by atoms with Crippen LogP contribution in [0.4, 0.5) is 0 Å². The molecule has 21 heavy (non-hydrogen) atoms. The molecule has 0 radical (unpaired) electrons. The van der Waals surface area contributed by atoms with Crippen LogP contribution >= 0.6 is 0 Å². The number of nitrogens with zero attached hydrogens (tertiary/aromatic N) is 3. The van der Waals surface area contributed by atoms with Gasteiger partial charge in [0.15, 0.2) is 5.82 Å². The van der Waals surface area contributed by atoms with Gasteiger partial charge in [-0.1, -0.05) is 25.9 Å². The van der Waals surface area contributed by atoms with Crippen LogP contribution in [0.1, 0.15) is 45.3 Å². The number of hydrogen-bond donors (Lipinski definition) is 1. The van der Waals surface area contributed by atoms with Crippen molar-refractivity contribution in [3.8, 4) is 0 Å². The lowest BCUT2D eigenvalue weighted by atomic mass is 9.96. The van der Waals surface area contributed by atoms with E-state index in [1.165, 1.54) is 0 Å². The average molecular weight is 295 g/mol. The zero-order valence-corrected chi connectivity index (χ0v) is 12.6. The van der Waals surface area contributed by atoms with Crippen molar-refractivity contribution >= 4 is 11.9 Å². The first-order valence-electron chi connectivity index (χ1n) is 7.11. The van der Waals surface area contributed by atoms with Crippen LogP contribution in [0.5, 0.6) is 0 Å². The van der Waals surface area contributed by atoms with Crippen LogP contribution in [-0.4, -0.2) is 45.1 Å². The first-order chi connectivity index (χ1) is 9.77. The van der Waals surface area contributed by atoms with Gasteiger partial charge >= 0.3 is 5.97 Å². The van der Waals surface area contributed by atoms with Crippen LogP contribution in [0.25, 0.3) is 0 Å². The molecule has 1 saturated heterocycles. The molecule has 1 amide bonds. The fraction of sp³-hybridized carbons (Fsp3) is 0.714. The Kier molecular flexibility index (Phi) is 4.29. The molecule has 0 unspecified atom stereocenters. The number of likely N-dealkylation sites (tertiary alicyclic amines) is 1. The molecule has 2 rings (SSSR count). The van der Waals surface area contributed by atoms with E-state index < -0.39 is 11.9 Å². The van der Waals surface area contributed by atoms with Crippen LogP contribution < -0.4 is 0 Å². The molecule has 1 aliphatic rings. The molecule has 1 N–H and O–H groups in total. The van der Waals surface area contributed by atoms with Crippen molar-refractivity contribution in [2.45, 2.75) is 45.4 Å². The summed E-state index contributed by atoms with van der Waals surface area (Å²) in [7, 11) is 0. The molecule has 1 atom stereocenters. The average Bonchev–Trinajstić information content (AvgIpc) is 3.04. The molecule has 0 spiro atoms. The molecule has 1 fully saturated rings. The molecule has 0 bridgehead atoms. The van der Waals surface area contributed by atoms with E-state index in [1.54, 1.807) is 4.90 Å². The van der Waals surface area contributed by atoms with Crippen molar-refractivity contribution in [2.24, 2.45) is 5.92 Å². The van der Waals surface area contributed by atoms with E-state index in [-0.39, 0.29) is 17.7 Å². The van der Waals surface area contributed by atoms with Crippen molar-refractivity contribution in [2.75, 3.05) is 13.1 Å². The number of carboxylic acid groups (broad SMARTS) is 1. The van der Waals surface area contributed by atoms with Crippen LogP contribution in [0.2, 0.25) is 0 Å². The van der Waals surface area contributed by atoms with Gasteiger partial charge in [-0.05, 0) is 6.42 Å². The first-order valence-corrected chi connectivity index (χ1v) is 7.11. The van der Waals surface area contributed by atoms with Crippen LogP contribution in [0.15, 0.2) is 4.52 Å². The number of carbonyl (C=O) groups is 2. The second-order valence-corrected chi connectivity index (χ2v) is 6.43. The summed E-state index contributed by atoms with van der Waals surface area (Å²) < 4.78 is 5.14. The fourth-order valence-corrected chi connectivity index (χ4v) is 2.22. The van der Waals surface area contributed by atoms with E-state index in [1.807, 2.05) is 20.8 Å². The lowest BCUT2D eigenvalue weighted by Gasteiger charge is -2.14. The van der Waals surface area contributed by atoms with Crippen molar-refractivity contribution in [1.82, 2.24) is 15.0 Å². The van der Waals surface area contributed by atoms with Crippen LogP contribution in [0, 0.1) is 5.92 Å². The zero-order valence-electron chi connectivity index (χ0n) is 12.6. The van der Waals surface area contributed by atoms with Crippen molar-refractivity contribution < 1.29 is 19.2 Å². The standard InChI is InChI=1S/C14H21N3O4/c1-14(2,3)13-15-10(21-16-13)4-5-11(18)17-7-6-9(8-17)12(19)20/h9H,4-8H2,1-3H3,(H,19,20)/t9-/m1/s1. The normalized spacial score (nSPS) is 19.0. The Hall–Kier alpha value is -1.92. The highest BCUT2D eigenvalue weighted by Gasteiger charge is 2.30. The van der Waals surface area contributed by atoms with Gasteiger partial charge in [0.05, 0.1) is 5.92 Å². The quantitative estimate of drug-likeness (QED) is 0.897. The van der Waals surface area contributed by atoms with E-state index in [0.717, 1.165) is 0 Å². The highest BCUT2D eigenvalue weighted by molar-refractivity contribution is 5.78. The first kappa shape index (κ1) is 15.5. The Balaban J connectivity index is 1.85. The summed E-state index contributed by atoms with van der Waals surface area (Å²) in [5, 5.41) is 12.8. The van der Waals surface area contributed by atoms with Gasteiger partial charge in [-0.2, -0.15) is 4.98 Å². The van der Waals surface area contributed by atoms with Crippen molar-refractivity contribution in [3.63, 3.8) is 0 Å². The summed E-state index contributed by atoms with van der Waals surface area (Å²) in [5.74, 6) is -0.268. The lowest BCUT2D eigenvalue weighted by Crippen LogP contribution is -2.30. The van der Waals surface area contributed by atoms with E-state index in [0.29, 0.717) is 37.6 Å². The number of aromatic nitrogens is 2. The predicted octanol–water partition coefficient (Wildman–Crippen LogP) is 1.23. The molecular formula is C14H21N3O4. The minimum absolute atomic E-state index is 0.0609. The summed E-state index contributed by atoms with van der Waals surface area (Å²) in [4.78, 5) is 28.8. The molecule has 7 nitrogen and oxygen atoms in total. The maximum Gasteiger partial charge on any atom is 0.308 e. The Morgan fingerprint density at radius 1 is 1.43 bits per heavy atom. The predicted molar refractivity (Wildman–Crippen MR) is 73.6 cm³/mol. The third-order valence-electron chi connectivity index (χ3n) is 3.58. The van der Waals surface area contributed by atoms with Gasteiger partial charge < -0.3 is 14.5 Å². The molecule has 1 aliphatic heterocycles. The van der Waals surface area contributed by atoms with Crippen LogP contribution in [-0.2, 0) is 21.4 Å². The van der Waals surface area contributed by atoms with Crippen molar-refractivity contribution in [3.05, 3.63) is 11.7 Å². The lowest BCUT2D eigenvalue weighted by molar-refractivity contribution is -0.141. The molecule has 0 aliphatic carbocycles. The Morgan fingerprint density at radius 2 is 2.14 bits per heavy atom. The largest absolute Gasteiger partial charge is 0.481 e. The second kappa shape index (κ2) is 5.83. The SMILES string of the molecule is CC(C)(C)c1noc(CCC(=O)N2CC[C@@H](C(=O)O)C2)n1. The number of carbonyl (C=O) groups excluding carboxylic acids is 1. The Bertz CT molecular complexity index is 533. The molecule has 0 aromatic carbocycles. The third kappa shape index (κ3) is 3.80. The van der Waals surface area contributed by atoms with E-state index in [2.05, 4.69) is 10.1 Å². The molecule has 1 aromatic rings. The van der Waals surface area contributed by atoms with E-state index >= 15 is 0 Å². The molecule has 0 saturated carbocycles. The zero-order chi connectivity index (χ0) is 15.6. The number of carboxylic acids is 1. The molecule has 1 aromatic heterocycles.